The molecule has 1 unspecified atom stereocenters. The van der Waals surface area contributed by atoms with Crippen LogP contribution in [0.4, 0.5) is 11.4 Å². The molecule has 1 spiro atoms. The summed E-state index contributed by atoms with van der Waals surface area (Å²) in [5.74, 6) is -2.91. The van der Waals surface area contributed by atoms with Gasteiger partial charge < -0.3 is 29.3 Å². The zero-order valence-electron chi connectivity index (χ0n) is 23.0. The van der Waals surface area contributed by atoms with Gasteiger partial charge in [-0.25, -0.2) is 0 Å². The smallest absolute Gasteiger partial charge is 0.312 e. The number of carbonyl (C=O) groups is 3. The van der Waals surface area contributed by atoms with Crippen LogP contribution in [0.5, 0.6) is 0 Å². The van der Waals surface area contributed by atoms with Gasteiger partial charge in [0.1, 0.15) is 17.6 Å². The van der Waals surface area contributed by atoms with E-state index in [1.807, 2.05) is 55.5 Å². The first kappa shape index (κ1) is 27.4. The van der Waals surface area contributed by atoms with Gasteiger partial charge in [-0.1, -0.05) is 31.2 Å². The molecular formula is C30H39N3O6. The SMILES string of the molecule is CC[C@@H](CO)N1C(=O)[C@@H]2[C@H]3C(=O)OCCC/C=C\[C@H]3O[C@@]23C=CCN(c2ccc(N(CC)CC)cc2)C(=O)C13. The summed E-state index contributed by atoms with van der Waals surface area (Å²) in [6.07, 6.45) is 8.68. The van der Waals surface area contributed by atoms with E-state index in [1.165, 1.54) is 4.90 Å². The van der Waals surface area contributed by atoms with Crippen molar-refractivity contribution in [2.45, 2.75) is 63.8 Å². The predicted molar refractivity (Wildman–Crippen MR) is 147 cm³/mol. The summed E-state index contributed by atoms with van der Waals surface area (Å²) in [6, 6.07) is 6.24. The molecule has 2 saturated heterocycles. The third-order valence-corrected chi connectivity index (χ3v) is 8.65. The summed E-state index contributed by atoms with van der Waals surface area (Å²) in [5.41, 5.74) is 0.439. The Balaban J connectivity index is 1.58. The number of carbonyl (C=O) groups excluding carboxylic acids is 3. The highest BCUT2D eigenvalue weighted by atomic mass is 16.6. The van der Waals surface area contributed by atoms with Crippen LogP contribution in [0.25, 0.3) is 0 Å². The van der Waals surface area contributed by atoms with Gasteiger partial charge in [0.15, 0.2) is 0 Å². The second-order valence-electron chi connectivity index (χ2n) is 10.6. The molecule has 0 aliphatic carbocycles. The number of amides is 2. The quantitative estimate of drug-likeness (QED) is 0.422. The molecule has 5 rings (SSSR count). The number of allylic oxidation sites excluding steroid dienone is 1. The van der Waals surface area contributed by atoms with E-state index in [0.29, 0.717) is 25.1 Å². The zero-order valence-corrected chi connectivity index (χ0v) is 23.0. The number of aliphatic hydroxyl groups is 1. The lowest BCUT2D eigenvalue weighted by molar-refractivity contribution is -0.155. The molecule has 2 fully saturated rings. The lowest BCUT2D eigenvalue weighted by Crippen LogP contribution is -2.58. The average Bonchev–Trinajstić information content (AvgIpc) is 3.36. The van der Waals surface area contributed by atoms with E-state index in [2.05, 4.69) is 18.7 Å². The molecular weight excluding hydrogens is 498 g/mol. The minimum absolute atomic E-state index is 0.272. The van der Waals surface area contributed by atoms with Crippen molar-refractivity contribution in [3.05, 3.63) is 48.6 Å². The van der Waals surface area contributed by atoms with E-state index in [0.717, 1.165) is 25.2 Å². The maximum atomic E-state index is 14.5. The van der Waals surface area contributed by atoms with Crippen LogP contribution in [0.3, 0.4) is 0 Å². The molecule has 6 atom stereocenters. The molecule has 1 N–H and O–H groups in total. The molecule has 4 aliphatic rings. The van der Waals surface area contributed by atoms with Crippen molar-refractivity contribution in [2.24, 2.45) is 11.8 Å². The third-order valence-electron chi connectivity index (χ3n) is 8.65. The number of rotatable bonds is 7. The number of hydrogen-bond donors (Lipinski definition) is 1. The maximum absolute atomic E-state index is 14.5. The Morgan fingerprint density at radius 1 is 1.08 bits per heavy atom. The summed E-state index contributed by atoms with van der Waals surface area (Å²) in [7, 11) is 0. The van der Waals surface area contributed by atoms with E-state index < -0.39 is 41.6 Å². The van der Waals surface area contributed by atoms with Gasteiger partial charge in [0.2, 0.25) is 5.91 Å². The van der Waals surface area contributed by atoms with E-state index >= 15 is 0 Å². The van der Waals surface area contributed by atoms with Crippen molar-refractivity contribution in [1.82, 2.24) is 4.90 Å². The van der Waals surface area contributed by atoms with Crippen LogP contribution in [0.1, 0.15) is 40.0 Å². The molecule has 39 heavy (non-hydrogen) atoms. The number of aliphatic hydroxyl groups excluding tert-OH is 1. The Hall–Kier alpha value is -3.17. The molecule has 0 bridgehead atoms. The highest BCUT2D eigenvalue weighted by molar-refractivity contribution is 6.05. The minimum Gasteiger partial charge on any atom is -0.465 e. The van der Waals surface area contributed by atoms with Crippen LogP contribution in [0.15, 0.2) is 48.6 Å². The van der Waals surface area contributed by atoms with Gasteiger partial charge in [-0.3, -0.25) is 14.4 Å². The fraction of sp³-hybridized carbons (Fsp3) is 0.567. The first-order chi connectivity index (χ1) is 18.9. The van der Waals surface area contributed by atoms with Crippen molar-refractivity contribution in [3.63, 3.8) is 0 Å². The number of likely N-dealkylation sites (tertiary alicyclic amines) is 1. The number of anilines is 2. The van der Waals surface area contributed by atoms with Gasteiger partial charge in [0, 0.05) is 31.0 Å². The first-order valence-corrected chi connectivity index (χ1v) is 14.2. The van der Waals surface area contributed by atoms with Gasteiger partial charge >= 0.3 is 5.97 Å². The fourth-order valence-electron chi connectivity index (χ4n) is 6.66. The monoisotopic (exact) mass is 537 g/mol. The summed E-state index contributed by atoms with van der Waals surface area (Å²) < 4.78 is 12.2. The number of hydrogen-bond acceptors (Lipinski definition) is 7. The number of fused-ring (bicyclic) bond motifs is 2. The number of cyclic esters (lactones) is 1. The minimum atomic E-state index is -1.34. The van der Waals surface area contributed by atoms with Crippen molar-refractivity contribution in [3.8, 4) is 0 Å². The number of benzene rings is 1. The van der Waals surface area contributed by atoms with Gasteiger partial charge in [0.25, 0.3) is 5.91 Å². The molecule has 1 aromatic carbocycles. The summed E-state index contributed by atoms with van der Waals surface area (Å²) in [6.45, 7) is 8.10. The first-order valence-electron chi connectivity index (χ1n) is 14.2. The molecule has 0 saturated carbocycles. The van der Waals surface area contributed by atoms with Crippen LogP contribution in [0.2, 0.25) is 0 Å². The van der Waals surface area contributed by atoms with Crippen LogP contribution in [0, 0.1) is 11.8 Å². The average molecular weight is 538 g/mol. The third kappa shape index (κ3) is 4.45. The highest BCUT2D eigenvalue weighted by Crippen LogP contribution is 2.54. The van der Waals surface area contributed by atoms with E-state index in [4.69, 9.17) is 9.47 Å². The van der Waals surface area contributed by atoms with Crippen molar-refractivity contribution >= 4 is 29.2 Å². The van der Waals surface area contributed by atoms with Gasteiger partial charge in [-0.05, 0) is 57.4 Å². The number of esters is 1. The molecule has 4 aliphatic heterocycles. The highest BCUT2D eigenvalue weighted by Gasteiger charge is 2.72. The van der Waals surface area contributed by atoms with E-state index in [9.17, 15) is 19.5 Å². The molecule has 0 radical (unpaired) electrons. The lowest BCUT2D eigenvalue weighted by Gasteiger charge is -2.38. The van der Waals surface area contributed by atoms with Gasteiger partial charge in [-0.2, -0.15) is 0 Å². The normalized spacial score (nSPS) is 31.8. The Morgan fingerprint density at radius 2 is 1.82 bits per heavy atom. The molecule has 1 aromatic rings. The van der Waals surface area contributed by atoms with E-state index in [-0.39, 0.29) is 25.0 Å². The molecule has 9 nitrogen and oxygen atoms in total. The van der Waals surface area contributed by atoms with Crippen LogP contribution in [-0.4, -0.2) is 84.4 Å². The van der Waals surface area contributed by atoms with Crippen LogP contribution in [-0.2, 0) is 23.9 Å². The molecule has 0 aromatic heterocycles. The second-order valence-corrected chi connectivity index (χ2v) is 10.6. The second kappa shape index (κ2) is 11.1. The Bertz CT molecular complexity index is 1140. The molecule has 210 valence electrons. The lowest BCUT2D eigenvalue weighted by atomic mass is 9.78. The molecule has 4 heterocycles. The molecule has 9 heteroatoms. The standard InChI is InChI=1S/C30H39N3O6/c1-4-20(19-34)33-26-28(36)32(22-14-12-21(13-15-22)31(5-2)6-3)17-10-16-30(26)25(27(33)35)24-23(39-30)11-8-7-9-18-38-29(24)37/h8,10-16,20,23-26,34H,4-7,9,17-19H2,1-3H3/b11-8-/t20-,23+,24-,25-,26?,30-/m0/s1. The molecule has 2 amide bonds. The fourth-order valence-corrected chi connectivity index (χ4v) is 6.66. The number of nitrogens with zero attached hydrogens (tertiary/aromatic N) is 3. The Morgan fingerprint density at radius 3 is 2.49 bits per heavy atom. The van der Waals surface area contributed by atoms with Crippen molar-refractivity contribution in [1.29, 1.82) is 0 Å². The van der Waals surface area contributed by atoms with Crippen LogP contribution >= 0.6 is 0 Å². The number of ether oxygens (including phenoxy) is 2. The topological polar surface area (TPSA) is 99.6 Å². The Kier molecular flexibility index (Phi) is 7.82. The summed E-state index contributed by atoms with van der Waals surface area (Å²) in [4.78, 5) is 47.3. The van der Waals surface area contributed by atoms with E-state index in [1.54, 1.807) is 4.90 Å². The predicted octanol–water partition coefficient (Wildman–Crippen LogP) is 2.68. The summed E-state index contributed by atoms with van der Waals surface area (Å²) in [5, 5.41) is 10.2. The van der Waals surface area contributed by atoms with Crippen molar-refractivity contribution < 1.29 is 29.0 Å². The Labute approximate surface area is 230 Å². The van der Waals surface area contributed by atoms with Gasteiger partial charge in [0.05, 0.1) is 31.3 Å². The van der Waals surface area contributed by atoms with Gasteiger partial charge in [-0.15, -0.1) is 0 Å². The summed E-state index contributed by atoms with van der Waals surface area (Å²) >= 11 is 0. The largest absolute Gasteiger partial charge is 0.465 e. The zero-order chi connectivity index (χ0) is 27.7. The maximum Gasteiger partial charge on any atom is 0.312 e. The van der Waals surface area contributed by atoms with Crippen LogP contribution < -0.4 is 9.80 Å². The van der Waals surface area contributed by atoms with Crippen molar-refractivity contribution in [2.75, 3.05) is 42.6 Å².